The predicted molar refractivity (Wildman–Crippen MR) is 67.6 cm³/mol. The molecule has 0 spiro atoms. The lowest BCUT2D eigenvalue weighted by atomic mass is 9.72. The molecule has 2 heterocycles. The average Bonchev–Trinajstić information content (AvgIpc) is 2.71. The van der Waals surface area contributed by atoms with Gasteiger partial charge in [0.25, 0.3) is 0 Å². The number of hydrogen-bond donors (Lipinski definition) is 1. The van der Waals surface area contributed by atoms with E-state index in [1.807, 2.05) is 0 Å². The third-order valence-electron chi connectivity index (χ3n) is 3.11. The van der Waals surface area contributed by atoms with Crippen LogP contribution in [0.25, 0.3) is 5.52 Å². The van der Waals surface area contributed by atoms with Crippen LogP contribution in [0.15, 0.2) is 10.9 Å². The molecule has 0 amide bonds. The smallest absolute Gasteiger partial charge is 0.244 e. The predicted octanol–water partition coefficient (Wildman–Crippen LogP) is 1.52. The molecule has 1 fully saturated rings. The second kappa shape index (κ2) is 3.89. The lowest BCUT2D eigenvalue weighted by molar-refractivity contribution is -0.0337. The summed E-state index contributed by atoms with van der Waals surface area (Å²) in [4.78, 5) is 8.38. The molecule has 6 nitrogen and oxygen atoms in total. The minimum atomic E-state index is -2.39. The second-order valence-electron chi connectivity index (χ2n) is 4.43. The Balaban J connectivity index is 1.98. The van der Waals surface area contributed by atoms with Crippen molar-refractivity contribution in [1.29, 1.82) is 0 Å². The van der Waals surface area contributed by atoms with E-state index < -0.39 is 12.5 Å². The summed E-state index contributed by atoms with van der Waals surface area (Å²) in [6, 6.07) is 0. The Morgan fingerprint density at radius 2 is 2.44 bits per heavy atom. The fraction of sp³-hybridized carbons (Fsp3) is 0.545. The molecule has 0 aliphatic heterocycles. The van der Waals surface area contributed by atoms with Crippen LogP contribution >= 0.6 is 15.9 Å². The van der Waals surface area contributed by atoms with Gasteiger partial charge in [-0.2, -0.15) is 10.1 Å². The summed E-state index contributed by atoms with van der Waals surface area (Å²) in [5.41, 5.74) is -1.06. The largest absolute Gasteiger partial charge is 0.479 e. The fourth-order valence-corrected chi connectivity index (χ4v) is 2.76. The number of ether oxygens (including phenoxy) is 1. The van der Waals surface area contributed by atoms with Crippen LogP contribution in [-0.2, 0) is 0 Å². The first kappa shape index (κ1) is 8.82. The maximum Gasteiger partial charge on any atom is 0.244 e. The van der Waals surface area contributed by atoms with E-state index in [9.17, 15) is 5.11 Å². The van der Waals surface area contributed by atoms with Gasteiger partial charge in [0.15, 0.2) is 5.52 Å². The third-order valence-corrected chi connectivity index (χ3v) is 3.66. The molecule has 1 aliphatic carbocycles. The van der Waals surface area contributed by atoms with Gasteiger partial charge in [-0.05, 0) is 35.6 Å². The molecule has 0 saturated heterocycles. The molecule has 1 saturated carbocycles. The van der Waals surface area contributed by atoms with E-state index in [1.54, 1.807) is 4.52 Å². The first-order valence-corrected chi connectivity index (χ1v) is 6.21. The van der Waals surface area contributed by atoms with Crippen LogP contribution < -0.4 is 4.74 Å². The van der Waals surface area contributed by atoms with Crippen molar-refractivity contribution >= 4 is 21.4 Å². The molecule has 2 aromatic heterocycles. The minimum Gasteiger partial charge on any atom is -0.479 e. The van der Waals surface area contributed by atoms with Gasteiger partial charge < -0.3 is 9.84 Å². The number of nitrogens with zero attached hydrogens (tertiary/aromatic N) is 4. The van der Waals surface area contributed by atoms with Crippen molar-refractivity contribution in [2.45, 2.75) is 31.2 Å². The summed E-state index contributed by atoms with van der Waals surface area (Å²) < 4.78 is 29.4. The lowest BCUT2D eigenvalue weighted by Gasteiger charge is -2.39. The molecule has 3 rings (SSSR count). The van der Waals surface area contributed by atoms with Gasteiger partial charge in [-0.3, -0.25) is 0 Å². The van der Waals surface area contributed by atoms with E-state index >= 15 is 0 Å². The maximum atomic E-state index is 10.1. The van der Waals surface area contributed by atoms with Crippen molar-refractivity contribution < 1.29 is 14.0 Å². The second-order valence-corrected chi connectivity index (χ2v) is 5.18. The molecule has 18 heavy (non-hydrogen) atoms. The molecule has 7 heteroatoms. The van der Waals surface area contributed by atoms with Crippen LogP contribution in [-0.4, -0.2) is 37.4 Å². The monoisotopic (exact) mass is 315 g/mol. The molecule has 0 bridgehead atoms. The van der Waals surface area contributed by atoms with Crippen molar-refractivity contribution in [3.63, 3.8) is 0 Å². The van der Waals surface area contributed by atoms with Crippen molar-refractivity contribution in [2.24, 2.45) is 0 Å². The highest BCUT2D eigenvalue weighted by atomic mass is 79.9. The zero-order chi connectivity index (χ0) is 15.4. The Kier molecular flexibility index (Phi) is 1.91. The lowest BCUT2D eigenvalue weighted by Crippen LogP contribution is -2.40. The van der Waals surface area contributed by atoms with Crippen LogP contribution in [0.2, 0.25) is 0 Å². The summed E-state index contributed by atoms with van der Waals surface area (Å²) >= 11 is 3.33. The summed E-state index contributed by atoms with van der Waals surface area (Å²) in [6.07, 6.45) is 1.60. The number of methoxy groups -OCH3 is 1. The van der Waals surface area contributed by atoms with Crippen molar-refractivity contribution in [1.82, 2.24) is 19.6 Å². The zero-order valence-electron chi connectivity index (χ0n) is 12.6. The molecule has 0 aromatic carbocycles. The van der Waals surface area contributed by atoms with Gasteiger partial charge in [-0.1, -0.05) is 0 Å². The van der Waals surface area contributed by atoms with Crippen LogP contribution in [0.5, 0.6) is 5.88 Å². The van der Waals surface area contributed by atoms with Crippen LogP contribution in [0.1, 0.15) is 35.5 Å². The van der Waals surface area contributed by atoms with Gasteiger partial charge in [-0.15, -0.1) is 0 Å². The van der Waals surface area contributed by atoms with E-state index in [0.717, 1.165) is 0 Å². The van der Waals surface area contributed by atoms with Gasteiger partial charge in [-0.25, -0.2) is 9.50 Å². The maximum absolute atomic E-state index is 10.1. The third kappa shape index (κ3) is 1.69. The topological polar surface area (TPSA) is 72.5 Å². The number of aliphatic hydroxyl groups is 1. The van der Waals surface area contributed by atoms with Gasteiger partial charge in [0, 0.05) is 10.0 Å². The highest BCUT2D eigenvalue weighted by Crippen LogP contribution is 2.44. The van der Waals surface area contributed by atoms with E-state index in [4.69, 9.17) is 8.85 Å². The van der Waals surface area contributed by atoms with Crippen LogP contribution in [0.3, 0.4) is 0 Å². The number of imidazole rings is 1. The van der Waals surface area contributed by atoms with Gasteiger partial charge in [0.2, 0.25) is 5.88 Å². The molecule has 96 valence electrons. The molecule has 0 atom stereocenters. The summed E-state index contributed by atoms with van der Waals surface area (Å²) in [7, 11) is 1.50. The highest BCUT2D eigenvalue weighted by molar-refractivity contribution is 9.10. The Morgan fingerprint density at radius 3 is 3.11 bits per heavy atom. The fourth-order valence-electron chi connectivity index (χ4n) is 2.24. The van der Waals surface area contributed by atoms with E-state index in [0.29, 0.717) is 21.8 Å². The molecule has 0 radical (unpaired) electrons. The SMILES string of the molecule is [2H]C([2H])([2H])[C@]1(O)C[C@@H](c2nc(Br)c3c(OC)ncnn32)C1. The van der Waals surface area contributed by atoms with Crippen molar-refractivity contribution in [3.8, 4) is 5.88 Å². The number of fused-ring (bicyclic) bond motifs is 1. The standard InChI is InChI=1S/C11H13BrN4O2/c1-11(17)3-6(4-11)9-15-8(12)7-10(18-2)13-5-14-16(7)9/h5-6,17H,3-4H2,1-2H3/t6-,11+/i1D3. The summed E-state index contributed by atoms with van der Waals surface area (Å²) in [5, 5.41) is 14.2. The normalized spacial score (nSPS) is 30.4. The average molecular weight is 316 g/mol. The molecule has 1 aliphatic rings. The van der Waals surface area contributed by atoms with E-state index in [1.165, 1.54) is 13.4 Å². The number of hydrogen-bond acceptors (Lipinski definition) is 5. The Labute approximate surface area is 116 Å². The Hall–Kier alpha value is -1.21. The number of halogens is 1. The van der Waals surface area contributed by atoms with E-state index in [-0.39, 0.29) is 18.8 Å². The van der Waals surface area contributed by atoms with Gasteiger partial charge in [0.05, 0.1) is 12.7 Å². The first-order valence-electron chi connectivity index (χ1n) is 6.92. The highest BCUT2D eigenvalue weighted by Gasteiger charge is 2.42. The molecule has 2 aromatic rings. The first-order chi connectivity index (χ1) is 9.77. The zero-order valence-corrected chi connectivity index (χ0v) is 11.2. The van der Waals surface area contributed by atoms with Crippen molar-refractivity contribution in [2.75, 3.05) is 7.11 Å². The number of aromatic nitrogens is 4. The van der Waals surface area contributed by atoms with Gasteiger partial charge in [0.1, 0.15) is 16.8 Å². The minimum absolute atomic E-state index is 0.126. The number of rotatable bonds is 2. The molecule has 1 N–H and O–H groups in total. The van der Waals surface area contributed by atoms with Gasteiger partial charge >= 0.3 is 0 Å². The van der Waals surface area contributed by atoms with E-state index in [2.05, 4.69) is 31.0 Å². The molecular formula is C11H13BrN4O2. The summed E-state index contributed by atoms with van der Waals surface area (Å²) in [6.45, 7) is -2.39. The summed E-state index contributed by atoms with van der Waals surface area (Å²) in [5.74, 6) is 0.793. The van der Waals surface area contributed by atoms with Crippen LogP contribution in [0.4, 0.5) is 0 Å². The van der Waals surface area contributed by atoms with Crippen molar-refractivity contribution in [3.05, 3.63) is 16.8 Å². The molecular weight excluding hydrogens is 300 g/mol. The Morgan fingerprint density at radius 1 is 1.67 bits per heavy atom. The molecule has 0 unspecified atom stereocenters. The quantitative estimate of drug-likeness (QED) is 0.909. The Bertz CT molecular complexity index is 697. The van der Waals surface area contributed by atoms with Crippen LogP contribution in [0, 0.1) is 0 Å².